The Bertz CT molecular complexity index is 573. The number of halogens is 1. The molecular weight excluding hydrogens is 278 g/mol. The first-order valence-electron chi connectivity index (χ1n) is 6.18. The monoisotopic (exact) mass is 293 g/mol. The summed E-state index contributed by atoms with van der Waals surface area (Å²) in [6.07, 6.45) is 2.13. The van der Waals surface area contributed by atoms with Crippen LogP contribution in [0, 0.1) is 5.41 Å². The normalized spacial score (nSPS) is 13.0. The minimum Gasteiger partial charge on any atom is -0.463 e. The van der Waals surface area contributed by atoms with Gasteiger partial charge < -0.3 is 4.74 Å². The van der Waals surface area contributed by atoms with Gasteiger partial charge in [-0.2, -0.15) is 0 Å². The molecule has 0 bridgehead atoms. The Morgan fingerprint density at radius 1 is 1.20 bits per heavy atom. The Balaban J connectivity index is 2.28. The van der Waals surface area contributed by atoms with Crippen LogP contribution in [0.4, 0.5) is 0 Å². The lowest BCUT2D eigenvalue weighted by atomic mass is 9.89. The summed E-state index contributed by atoms with van der Waals surface area (Å²) < 4.78 is 7.32. The van der Waals surface area contributed by atoms with Crippen molar-refractivity contribution in [2.75, 3.05) is 0 Å². The van der Waals surface area contributed by atoms with Gasteiger partial charge in [0.25, 0.3) is 0 Å². The Kier molecular flexibility index (Phi) is 4.09. The Labute approximate surface area is 122 Å². The SMILES string of the molecule is CC(C)(C)C(=O)[C@@H](Oc1ccc(Cl)cc1)n1cnnc1. The number of carbonyl (C=O) groups is 1. The molecule has 0 fully saturated rings. The quantitative estimate of drug-likeness (QED) is 0.869. The van der Waals surface area contributed by atoms with Gasteiger partial charge in [-0.05, 0) is 24.3 Å². The summed E-state index contributed by atoms with van der Waals surface area (Å²) in [5.41, 5.74) is -0.540. The van der Waals surface area contributed by atoms with Gasteiger partial charge in [-0.3, -0.25) is 9.36 Å². The molecule has 2 rings (SSSR count). The Morgan fingerprint density at radius 3 is 2.25 bits per heavy atom. The van der Waals surface area contributed by atoms with Crippen molar-refractivity contribution in [3.05, 3.63) is 41.9 Å². The summed E-state index contributed by atoms with van der Waals surface area (Å²) in [6.45, 7) is 5.54. The van der Waals surface area contributed by atoms with Crippen LogP contribution in [0.25, 0.3) is 0 Å². The molecule has 0 aliphatic rings. The van der Waals surface area contributed by atoms with Crippen molar-refractivity contribution in [3.63, 3.8) is 0 Å². The summed E-state index contributed by atoms with van der Waals surface area (Å²) in [4.78, 5) is 12.5. The number of aromatic nitrogens is 3. The van der Waals surface area contributed by atoms with Crippen molar-refractivity contribution < 1.29 is 9.53 Å². The number of carbonyl (C=O) groups excluding carboxylic acids is 1. The predicted molar refractivity (Wildman–Crippen MR) is 75.6 cm³/mol. The molecule has 0 saturated heterocycles. The second-order valence-corrected chi connectivity index (χ2v) is 5.88. The summed E-state index contributed by atoms with van der Waals surface area (Å²) >= 11 is 5.84. The topological polar surface area (TPSA) is 57.0 Å². The molecule has 0 N–H and O–H groups in total. The molecule has 1 heterocycles. The van der Waals surface area contributed by atoms with E-state index in [4.69, 9.17) is 16.3 Å². The molecule has 106 valence electrons. The van der Waals surface area contributed by atoms with Crippen LogP contribution in [0.3, 0.4) is 0 Å². The number of benzene rings is 1. The van der Waals surface area contributed by atoms with Crippen LogP contribution >= 0.6 is 11.6 Å². The third kappa shape index (κ3) is 3.36. The summed E-state index contributed by atoms with van der Waals surface area (Å²) in [6, 6.07) is 6.86. The van der Waals surface area contributed by atoms with E-state index in [1.54, 1.807) is 28.8 Å². The number of ether oxygens (including phenoxy) is 1. The third-order valence-corrected chi connectivity index (χ3v) is 2.98. The zero-order valence-electron chi connectivity index (χ0n) is 11.6. The number of hydrogen-bond acceptors (Lipinski definition) is 4. The highest BCUT2D eigenvalue weighted by atomic mass is 35.5. The van der Waals surface area contributed by atoms with Crippen molar-refractivity contribution in [3.8, 4) is 5.75 Å². The molecule has 0 aliphatic heterocycles. The van der Waals surface area contributed by atoms with Crippen LogP contribution in [0.15, 0.2) is 36.9 Å². The molecule has 6 heteroatoms. The first-order valence-corrected chi connectivity index (χ1v) is 6.56. The predicted octanol–water partition coefficient (Wildman–Crippen LogP) is 3.12. The van der Waals surface area contributed by atoms with Gasteiger partial charge in [0.15, 0.2) is 5.78 Å². The summed E-state index contributed by atoms with van der Waals surface area (Å²) in [5.74, 6) is 0.498. The third-order valence-electron chi connectivity index (χ3n) is 2.73. The molecule has 0 spiro atoms. The average molecular weight is 294 g/mol. The number of hydrogen-bond donors (Lipinski definition) is 0. The van der Waals surface area contributed by atoms with Crippen LogP contribution in [0.2, 0.25) is 5.02 Å². The number of rotatable bonds is 4. The lowest BCUT2D eigenvalue weighted by molar-refractivity contribution is -0.137. The zero-order chi connectivity index (χ0) is 14.8. The van der Waals surface area contributed by atoms with Crippen LogP contribution < -0.4 is 4.74 Å². The van der Waals surface area contributed by atoms with Crippen molar-refractivity contribution in [1.29, 1.82) is 0 Å². The minimum absolute atomic E-state index is 0.0627. The molecule has 0 saturated carbocycles. The molecule has 1 atom stereocenters. The molecule has 5 nitrogen and oxygen atoms in total. The number of nitrogens with zero attached hydrogens (tertiary/aromatic N) is 3. The van der Waals surface area contributed by atoms with Crippen molar-refractivity contribution >= 4 is 17.4 Å². The lowest BCUT2D eigenvalue weighted by Crippen LogP contribution is -2.33. The van der Waals surface area contributed by atoms with Gasteiger partial charge in [-0.25, -0.2) is 0 Å². The second-order valence-electron chi connectivity index (χ2n) is 5.45. The van der Waals surface area contributed by atoms with E-state index in [2.05, 4.69) is 10.2 Å². The maximum Gasteiger partial charge on any atom is 0.238 e. The average Bonchev–Trinajstić information content (AvgIpc) is 2.90. The Morgan fingerprint density at radius 2 is 1.75 bits per heavy atom. The van der Waals surface area contributed by atoms with Gasteiger partial charge >= 0.3 is 0 Å². The van der Waals surface area contributed by atoms with Gasteiger partial charge in [0.2, 0.25) is 6.23 Å². The van der Waals surface area contributed by atoms with E-state index < -0.39 is 11.6 Å². The molecule has 0 unspecified atom stereocenters. The fraction of sp³-hybridized carbons (Fsp3) is 0.357. The molecule has 0 amide bonds. The minimum atomic E-state index is -0.800. The van der Waals surface area contributed by atoms with E-state index in [-0.39, 0.29) is 5.78 Å². The molecule has 0 radical (unpaired) electrons. The van der Waals surface area contributed by atoms with E-state index in [0.29, 0.717) is 10.8 Å². The molecule has 1 aromatic heterocycles. The van der Waals surface area contributed by atoms with Gasteiger partial charge in [0, 0.05) is 10.4 Å². The lowest BCUT2D eigenvalue weighted by Gasteiger charge is -2.25. The fourth-order valence-corrected chi connectivity index (χ4v) is 1.72. The van der Waals surface area contributed by atoms with Crippen LogP contribution in [0.5, 0.6) is 5.75 Å². The van der Waals surface area contributed by atoms with Crippen molar-refractivity contribution in [1.82, 2.24) is 14.8 Å². The van der Waals surface area contributed by atoms with E-state index >= 15 is 0 Å². The molecule has 0 aliphatic carbocycles. The smallest absolute Gasteiger partial charge is 0.238 e. The maximum absolute atomic E-state index is 12.5. The van der Waals surface area contributed by atoms with E-state index in [1.807, 2.05) is 20.8 Å². The summed E-state index contributed by atoms with van der Waals surface area (Å²) in [7, 11) is 0. The highest BCUT2D eigenvalue weighted by molar-refractivity contribution is 6.30. The van der Waals surface area contributed by atoms with Gasteiger partial charge in [-0.1, -0.05) is 32.4 Å². The standard InChI is InChI=1S/C14H16ClN3O2/c1-14(2,3)12(19)13(18-8-16-17-9-18)20-11-6-4-10(15)5-7-11/h4-9,13H,1-3H3/t13-/m1/s1. The van der Waals surface area contributed by atoms with Crippen LogP contribution in [-0.4, -0.2) is 20.5 Å². The van der Waals surface area contributed by atoms with Crippen LogP contribution in [-0.2, 0) is 4.79 Å². The molecule has 1 aromatic carbocycles. The molecule has 2 aromatic rings. The maximum atomic E-state index is 12.5. The van der Waals surface area contributed by atoms with E-state index in [1.165, 1.54) is 12.7 Å². The molecule has 20 heavy (non-hydrogen) atoms. The number of ketones is 1. The highest BCUT2D eigenvalue weighted by Gasteiger charge is 2.32. The number of Topliss-reactive ketones (excluding diaryl/α,β-unsaturated/α-hetero) is 1. The fourth-order valence-electron chi connectivity index (χ4n) is 1.59. The second kappa shape index (κ2) is 5.63. The van der Waals surface area contributed by atoms with E-state index in [0.717, 1.165) is 0 Å². The highest BCUT2D eigenvalue weighted by Crippen LogP contribution is 2.27. The molecular formula is C14H16ClN3O2. The van der Waals surface area contributed by atoms with Gasteiger partial charge in [-0.15, -0.1) is 10.2 Å². The van der Waals surface area contributed by atoms with Crippen molar-refractivity contribution in [2.45, 2.75) is 27.0 Å². The van der Waals surface area contributed by atoms with Crippen molar-refractivity contribution in [2.24, 2.45) is 5.41 Å². The summed E-state index contributed by atoms with van der Waals surface area (Å²) in [5, 5.41) is 8.06. The zero-order valence-corrected chi connectivity index (χ0v) is 12.3. The first-order chi connectivity index (χ1) is 9.38. The van der Waals surface area contributed by atoms with Gasteiger partial charge in [0.1, 0.15) is 18.4 Å². The van der Waals surface area contributed by atoms with E-state index in [9.17, 15) is 4.79 Å². The Hall–Kier alpha value is -1.88. The van der Waals surface area contributed by atoms with Crippen LogP contribution in [0.1, 0.15) is 27.0 Å². The largest absolute Gasteiger partial charge is 0.463 e. The first kappa shape index (κ1) is 14.5. The van der Waals surface area contributed by atoms with Gasteiger partial charge in [0.05, 0.1) is 0 Å².